The minimum atomic E-state index is 0.268. The highest BCUT2D eigenvalue weighted by molar-refractivity contribution is 7.99. The van der Waals surface area contributed by atoms with Crippen molar-refractivity contribution >= 4 is 17.7 Å². The van der Waals surface area contributed by atoms with E-state index in [2.05, 4.69) is 18.5 Å². The summed E-state index contributed by atoms with van der Waals surface area (Å²) in [6, 6.07) is 0. The monoisotopic (exact) mass is 230 g/mol. The van der Waals surface area contributed by atoms with Gasteiger partial charge >= 0.3 is 0 Å². The smallest absolute Gasteiger partial charge is 0.236 e. The van der Waals surface area contributed by atoms with E-state index in [1.807, 2.05) is 16.7 Å². The van der Waals surface area contributed by atoms with Gasteiger partial charge in [-0.15, -0.1) is 0 Å². The van der Waals surface area contributed by atoms with Crippen molar-refractivity contribution in [3.8, 4) is 0 Å². The zero-order chi connectivity index (χ0) is 11.1. The zero-order valence-corrected chi connectivity index (χ0v) is 10.6. The zero-order valence-electron chi connectivity index (χ0n) is 9.79. The highest BCUT2D eigenvalue weighted by Gasteiger charge is 2.16. The van der Waals surface area contributed by atoms with Gasteiger partial charge in [0.05, 0.1) is 6.54 Å². The van der Waals surface area contributed by atoms with Gasteiger partial charge in [0, 0.05) is 18.3 Å². The van der Waals surface area contributed by atoms with Gasteiger partial charge in [0.25, 0.3) is 0 Å². The first kappa shape index (κ1) is 12.8. The van der Waals surface area contributed by atoms with E-state index in [4.69, 9.17) is 0 Å². The number of rotatable bonds is 6. The predicted octanol–water partition coefficient (Wildman–Crippen LogP) is 1.34. The molecule has 1 heterocycles. The Bertz CT molecular complexity index is 193. The number of nitrogens with one attached hydrogen (secondary N) is 1. The molecule has 1 N–H and O–H groups in total. The molecule has 0 aliphatic carbocycles. The average molecular weight is 230 g/mol. The first-order chi connectivity index (χ1) is 7.24. The van der Waals surface area contributed by atoms with Gasteiger partial charge in [-0.3, -0.25) is 4.79 Å². The third-order valence-corrected chi connectivity index (χ3v) is 3.91. The predicted molar refractivity (Wildman–Crippen MR) is 66.3 cm³/mol. The summed E-state index contributed by atoms with van der Waals surface area (Å²) in [5.74, 6) is 0.268. The van der Waals surface area contributed by atoms with Gasteiger partial charge in [0.15, 0.2) is 0 Å². The number of nitrogens with zero attached hydrogens (tertiary/aromatic N) is 1. The summed E-state index contributed by atoms with van der Waals surface area (Å²) in [6.45, 7) is 5.60. The Morgan fingerprint density at radius 3 is 2.73 bits per heavy atom. The molecule has 3 nitrogen and oxygen atoms in total. The van der Waals surface area contributed by atoms with Crippen molar-refractivity contribution in [1.29, 1.82) is 0 Å². The van der Waals surface area contributed by atoms with E-state index in [1.54, 1.807) is 0 Å². The largest absolute Gasteiger partial charge is 0.342 e. The summed E-state index contributed by atoms with van der Waals surface area (Å²) < 4.78 is 0. The molecule has 88 valence electrons. The van der Waals surface area contributed by atoms with Crippen LogP contribution in [0.3, 0.4) is 0 Å². The number of carbonyl (C=O) groups excluding carboxylic acids is 1. The SMILES string of the molecule is CSC(C)CCNCC(=O)N1CCCC1. The topological polar surface area (TPSA) is 32.3 Å². The fourth-order valence-corrected chi connectivity index (χ4v) is 2.05. The molecule has 0 aromatic heterocycles. The molecule has 0 aromatic rings. The summed E-state index contributed by atoms with van der Waals surface area (Å²) in [6.07, 6.45) is 5.61. The molecule has 1 aliphatic heterocycles. The molecule has 1 atom stereocenters. The van der Waals surface area contributed by atoms with Gasteiger partial charge < -0.3 is 10.2 Å². The lowest BCUT2D eigenvalue weighted by molar-refractivity contribution is -0.129. The number of carbonyl (C=O) groups is 1. The lowest BCUT2D eigenvalue weighted by atomic mass is 10.3. The highest BCUT2D eigenvalue weighted by Crippen LogP contribution is 2.08. The number of amides is 1. The van der Waals surface area contributed by atoms with Gasteiger partial charge in [0.2, 0.25) is 5.91 Å². The van der Waals surface area contributed by atoms with Crippen LogP contribution in [0.25, 0.3) is 0 Å². The standard InChI is InChI=1S/C11H22N2OS/c1-10(15-2)5-6-12-9-11(14)13-7-3-4-8-13/h10,12H,3-9H2,1-2H3. The molecule has 15 heavy (non-hydrogen) atoms. The van der Waals surface area contributed by atoms with Crippen LogP contribution in [-0.4, -0.2) is 48.5 Å². The second kappa shape index (κ2) is 7.12. The summed E-state index contributed by atoms with van der Waals surface area (Å²) in [5.41, 5.74) is 0. The summed E-state index contributed by atoms with van der Waals surface area (Å²) in [7, 11) is 0. The van der Waals surface area contributed by atoms with Crippen molar-refractivity contribution in [1.82, 2.24) is 10.2 Å². The Balaban J connectivity index is 2.01. The third-order valence-electron chi connectivity index (χ3n) is 2.87. The normalized spacial score (nSPS) is 18.1. The fourth-order valence-electron chi connectivity index (χ4n) is 1.70. The van der Waals surface area contributed by atoms with E-state index in [1.165, 1.54) is 12.8 Å². The molecule has 0 radical (unpaired) electrons. The van der Waals surface area contributed by atoms with Gasteiger partial charge in [-0.2, -0.15) is 11.8 Å². The summed E-state index contributed by atoms with van der Waals surface area (Å²) in [5, 5.41) is 3.90. The van der Waals surface area contributed by atoms with Crippen molar-refractivity contribution < 1.29 is 4.79 Å². The van der Waals surface area contributed by atoms with Crippen LogP contribution in [0.4, 0.5) is 0 Å². The van der Waals surface area contributed by atoms with Crippen LogP contribution >= 0.6 is 11.8 Å². The van der Waals surface area contributed by atoms with Gasteiger partial charge in [-0.1, -0.05) is 6.92 Å². The number of likely N-dealkylation sites (tertiary alicyclic amines) is 1. The van der Waals surface area contributed by atoms with Crippen LogP contribution in [0.1, 0.15) is 26.2 Å². The van der Waals surface area contributed by atoms with Gasteiger partial charge in [-0.05, 0) is 32.1 Å². The van der Waals surface area contributed by atoms with Crippen molar-refractivity contribution in [2.24, 2.45) is 0 Å². The van der Waals surface area contributed by atoms with Crippen molar-refractivity contribution in [2.45, 2.75) is 31.4 Å². The van der Waals surface area contributed by atoms with E-state index >= 15 is 0 Å². The maximum atomic E-state index is 11.6. The van der Waals surface area contributed by atoms with E-state index < -0.39 is 0 Å². The molecule has 0 aromatic carbocycles. The second-order valence-corrected chi connectivity index (χ2v) is 5.38. The Morgan fingerprint density at radius 1 is 1.47 bits per heavy atom. The molecule has 1 rings (SSSR count). The lowest BCUT2D eigenvalue weighted by Crippen LogP contribution is -2.36. The van der Waals surface area contributed by atoms with Crippen molar-refractivity contribution in [3.05, 3.63) is 0 Å². The minimum absolute atomic E-state index is 0.268. The van der Waals surface area contributed by atoms with E-state index in [0.29, 0.717) is 11.8 Å². The molecule has 1 saturated heterocycles. The Labute approximate surface area is 97.0 Å². The molecule has 1 fully saturated rings. The van der Waals surface area contributed by atoms with Crippen LogP contribution in [0.5, 0.6) is 0 Å². The lowest BCUT2D eigenvalue weighted by Gasteiger charge is -2.16. The Morgan fingerprint density at radius 2 is 2.13 bits per heavy atom. The van der Waals surface area contributed by atoms with Crippen molar-refractivity contribution in [2.75, 3.05) is 32.4 Å². The first-order valence-corrected chi connectivity index (χ1v) is 7.04. The Hall–Kier alpha value is -0.220. The molecule has 1 unspecified atom stereocenters. The van der Waals surface area contributed by atoms with Crippen LogP contribution in [0.15, 0.2) is 0 Å². The maximum Gasteiger partial charge on any atom is 0.236 e. The van der Waals surface area contributed by atoms with Crippen LogP contribution < -0.4 is 5.32 Å². The maximum absolute atomic E-state index is 11.6. The molecular weight excluding hydrogens is 208 g/mol. The second-order valence-electron chi connectivity index (χ2n) is 4.10. The molecular formula is C11H22N2OS. The summed E-state index contributed by atoms with van der Waals surface area (Å²) >= 11 is 1.87. The van der Waals surface area contributed by atoms with Crippen LogP contribution in [0, 0.1) is 0 Å². The number of thioether (sulfide) groups is 1. The molecule has 4 heteroatoms. The molecule has 1 aliphatic rings. The molecule has 0 saturated carbocycles. The van der Waals surface area contributed by atoms with Crippen LogP contribution in [0.2, 0.25) is 0 Å². The molecule has 0 bridgehead atoms. The highest BCUT2D eigenvalue weighted by atomic mass is 32.2. The van der Waals surface area contributed by atoms with E-state index in [0.717, 1.165) is 26.1 Å². The number of hydrogen-bond acceptors (Lipinski definition) is 3. The minimum Gasteiger partial charge on any atom is -0.342 e. The Kier molecular flexibility index (Phi) is 6.10. The third kappa shape index (κ3) is 4.89. The van der Waals surface area contributed by atoms with Gasteiger partial charge in [-0.25, -0.2) is 0 Å². The van der Waals surface area contributed by atoms with Crippen molar-refractivity contribution in [3.63, 3.8) is 0 Å². The van der Waals surface area contributed by atoms with E-state index in [9.17, 15) is 4.79 Å². The summed E-state index contributed by atoms with van der Waals surface area (Å²) in [4.78, 5) is 13.6. The number of hydrogen-bond donors (Lipinski definition) is 1. The van der Waals surface area contributed by atoms with E-state index in [-0.39, 0.29) is 5.91 Å². The fraction of sp³-hybridized carbons (Fsp3) is 0.909. The first-order valence-electron chi connectivity index (χ1n) is 5.75. The molecule has 1 amide bonds. The van der Waals surface area contributed by atoms with Gasteiger partial charge in [0.1, 0.15) is 0 Å². The van der Waals surface area contributed by atoms with Crippen LogP contribution in [-0.2, 0) is 4.79 Å². The average Bonchev–Trinajstić information content (AvgIpc) is 2.77. The molecule has 0 spiro atoms. The quantitative estimate of drug-likeness (QED) is 0.699.